The van der Waals surface area contributed by atoms with Crippen molar-refractivity contribution in [2.45, 2.75) is 31.1 Å². The van der Waals surface area contributed by atoms with Gasteiger partial charge in [0.05, 0.1) is 18.9 Å². The molecule has 21 heavy (non-hydrogen) atoms. The lowest BCUT2D eigenvalue weighted by atomic mass is 10.1. The highest BCUT2D eigenvalue weighted by Crippen LogP contribution is 2.35. The Morgan fingerprint density at radius 3 is 2.76 bits per heavy atom. The molecule has 0 spiro atoms. The summed E-state index contributed by atoms with van der Waals surface area (Å²) in [6, 6.07) is 6.81. The maximum atomic E-state index is 12.7. The Morgan fingerprint density at radius 1 is 1.43 bits per heavy atom. The Hall–Kier alpha value is -1.60. The molecule has 0 radical (unpaired) electrons. The van der Waals surface area contributed by atoms with E-state index < -0.39 is 27.3 Å². The molecular formula is C14H19NO5S. The second-order valence-corrected chi connectivity index (χ2v) is 7.18. The van der Waals surface area contributed by atoms with Crippen LogP contribution in [0.3, 0.4) is 0 Å². The Kier molecular flexibility index (Phi) is 4.53. The third-order valence-corrected chi connectivity index (χ3v) is 5.77. The summed E-state index contributed by atoms with van der Waals surface area (Å²) in [5, 5.41) is 8.82. The van der Waals surface area contributed by atoms with Crippen LogP contribution in [-0.2, 0) is 19.6 Å². The van der Waals surface area contributed by atoms with Crippen molar-refractivity contribution < 1.29 is 23.1 Å². The van der Waals surface area contributed by atoms with Crippen molar-refractivity contribution in [3.8, 4) is 0 Å². The van der Waals surface area contributed by atoms with Crippen LogP contribution in [0.5, 0.6) is 0 Å². The summed E-state index contributed by atoms with van der Waals surface area (Å²) in [4.78, 5) is 11.6. The van der Waals surface area contributed by atoms with Crippen LogP contribution in [0.15, 0.2) is 24.3 Å². The maximum Gasteiger partial charge on any atom is 0.325 e. The number of aliphatic hydroxyl groups excluding tert-OH is 1. The first kappa shape index (κ1) is 15.8. The predicted molar refractivity (Wildman–Crippen MR) is 78.4 cm³/mol. The smallest absolute Gasteiger partial charge is 0.325 e. The Bertz CT molecular complexity index is 628. The van der Waals surface area contributed by atoms with Crippen LogP contribution in [0, 0.1) is 0 Å². The normalized spacial score (nSPS) is 20.3. The highest BCUT2D eigenvalue weighted by molar-refractivity contribution is 7.94. The molecular weight excluding hydrogens is 294 g/mol. The molecule has 0 fully saturated rings. The van der Waals surface area contributed by atoms with E-state index >= 15 is 0 Å². The molecule has 116 valence electrons. The quantitative estimate of drug-likeness (QED) is 0.848. The first-order valence-corrected chi connectivity index (χ1v) is 8.26. The number of rotatable bonds is 3. The summed E-state index contributed by atoms with van der Waals surface area (Å²) in [5.41, 5.74) is 0.994. The van der Waals surface area contributed by atoms with Gasteiger partial charge in [-0.05, 0) is 25.8 Å². The summed E-state index contributed by atoms with van der Waals surface area (Å²) < 4.78 is 31.0. The molecule has 0 aliphatic carbocycles. The number of anilines is 1. The fraction of sp³-hybridized carbons (Fsp3) is 0.500. The predicted octanol–water partition coefficient (Wildman–Crippen LogP) is 1.21. The zero-order chi connectivity index (χ0) is 15.6. The van der Waals surface area contributed by atoms with Crippen molar-refractivity contribution in [2.75, 3.05) is 18.0 Å². The molecule has 1 heterocycles. The molecule has 1 aromatic carbocycles. The minimum Gasteiger partial charge on any atom is -0.468 e. The van der Waals surface area contributed by atoms with Crippen molar-refractivity contribution in [2.24, 2.45) is 0 Å². The first-order chi connectivity index (χ1) is 9.89. The molecule has 2 atom stereocenters. The van der Waals surface area contributed by atoms with Gasteiger partial charge in [0.25, 0.3) is 0 Å². The molecule has 0 saturated carbocycles. The molecule has 0 aromatic heterocycles. The SMILES string of the molecule is COC(=O)C(C)S(=O)(=O)N1CCCC(O)c2ccccc21. The standard InChI is InChI=1S/C14H19NO5S/c1-10(14(17)20-2)21(18,19)15-9-5-8-13(16)11-6-3-4-7-12(11)15/h3-4,6-7,10,13,16H,5,8-9H2,1-2H3. The van der Waals surface area contributed by atoms with E-state index in [2.05, 4.69) is 4.74 Å². The van der Waals surface area contributed by atoms with Crippen LogP contribution < -0.4 is 4.31 Å². The van der Waals surface area contributed by atoms with Crippen LogP contribution in [0.1, 0.15) is 31.4 Å². The molecule has 7 heteroatoms. The second-order valence-electron chi connectivity index (χ2n) is 5.00. The summed E-state index contributed by atoms with van der Waals surface area (Å²) in [5.74, 6) is -0.794. The number of carbonyl (C=O) groups is 1. The number of ether oxygens (including phenoxy) is 1. The van der Waals surface area contributed by atoms with E-state index in [1.807, 2.05) is 0 Å². The average Bonchev–Trinajstić information content (AvgIpc) is 2.65. The van der Waals surface area contributed by atoms with Gasteiger partial charge in [-0.3, -0.25) is 9.10 Å². The fourth-order valence-corrected chi connectivity index (χ4v) is 3.99. The molecule has 1 N–H and O–H groups in total. The number of benzene rings is 1. The van der Waals surface area contributed by atoms with Crippen molar-refractivity contribution >= 4 is 21.7 Å². The van der Waals surface area contributed by atoms with Crippen LogP contribution in [0.2, 0.25) is 0 Å². The number of sulfonamides is 1. The molecule has 1 aromatic rings. The van der Waals surface area contributed by atoms with E-state index in [1.54, 1.807) is 24.3 Å². The molecule has 1 aliphatic heterocycles. The highest BCUT2D eigenvalue weighted by Gasteiger charge is 2.37. The van der Waals surface area contributed by atoms with Gasteiger partial charge in [-0.15, -0.1) is 0 Å². The Balaban J connectivity index is 2.48. The second kappa shape index (κ2) is 6.03. The van der Waals surface area contributed by atoms with Crippen molar-refractivity contribution in [3.63, 3.8) is 0 Å². The van der Waals surface area contributed by atoms with Gasteiger partial charge in [0.1, 0.15) is 0 Å². The lowest BCUT2D eigenvalue weighted by molar-refractivity contribution is -0.139. The summed E-state index contributed by atoms with van der Waals surface area (Å²) in [7, 11) is -2.72. The van der Waals surface area contributed by atoms with E-state index in [-0.39, 0.29) is 6.54 Å². The van der Waals surface area contributed by atoms with Crippen molar-refractivity contribution in [1.82, 2.24) is 0 Å². The average molecular weight is 313 g/mol. The number of para-hydroxylation sites is 1. The molecule has 0 amide bonds. The minimum absolute atomic E-state index is 0.234. The number of esters is 1. The van der Waals surface area contributed by atoms with Gasteiger partial charge in [-0.2, -0.15) is 0 Å². The molecule has 0 bridgehead atoms. The van der Waals surface area contributed by atoms with Gasteiger partial charge in [0, 0.05) is 12.1 Å². The third kappa shape index (κ3) is 2.89. The van der Waals surface area contributed by atoms with E-state index in [1.165, 1.54) is 11.2 Å². The minimum atomic E-state index is -3.89. The zero-order valence-electron chi connectivity index (χ0n) is 12.0. The Morgan fingerprint density at radius 2 is 2.10 bits per heavy atom. The van der Waals surface area contributed by atoms with Gasteiger partial charge in [0.2, 0.25) is 10.0 Å². The Labute approximate surface area is 124 Å². The van der Waals surface area contributed by atoms with Gasteiger partial charge in [0.15, 0.2) is 5.25 Å². The summed E-state index contributed by atoms with van der Waals surface area (Å²) >= 11 is 0. The van der Waals surface area contributed by atoms with Crippen LogP contribution >= 0.6 is 0 Å². The van der Waals surface area contributed by atoms with Crippen molar-refractivity contribution in [3.05, 3.63) is 29.8 Å². The number of nitrogens with zero attached hydrogens (tertiary/aromatic N) is 1. The van der Waals surface area contributed by atoms with Crippen LogP contribution in [-0.4, -0.2) is 38.4 Å². The van der Waals surface area contributed by atoms with Gasteiger partial charge < -0.3 is 9.84 Å². The molecule has 2 unspecified atom stereocenters. The van der Waals surface area contributed by atoms with E-state index in [0.29, 0.717) is 24.1 Å². The number of hydrogen-bond acceptors (Lipinski definition) is 5. The summed E-state index contributed by atoms with van der Waals surface area (Å²) in [6.45, 7) is 1.54. The molecule has 0 saturated heterocycles. The van der Waals surface area contributed by atoms with Crippen LogP contribution in [0.4, 0.5) is 5.69 Å². The maximum absolute atomic E-state index is 12.7. The lowest BCUT2D eigenvalue weighted by Crippen LogP contribution is -2.42. The number of methoxy groups -OCH3 is 1. The molecule has 1 aliphatic rings. The first-order valence-electron chi connectivity index (χ1n) is 6.76. The van der Waals surface area contributed by atoms with Gasteiger partial charge in [-0.25, -0.2) is 8.42 Å². The summed E-state index contributed by atoms with van der Waals surface area (Å²) in [6.07, 6.45) is 0.299. The topological polar surface area (TPSA) is 83.9 Å². The number of fused-ring (bicyclic) bond motifs is 1. The van der Waals surface area contributed by atoms with Crippen LogP contribution in [0.25, 0.3) is 0 Å². The van der Waals surface area contributed by atoms with E-state index in [9.17, 15) is 18.3 Å². The largest absolute Gasteiger partial charge is 0.468 e. The van der Waals surface area contributed by atoms with E-state index in [4.69, 9.17) is 0 Å². The number of carbonyl (C=O) groups excluding carboxylic acids is 1. The van der Waals surface area contributed by atoms with Gasteiger partial charge >= 0.3 is 5.97 Å². The third-order valence-electron chi connectivity index (χ3n) is 3.69. The van der Waals surface area contributed by atoms with Gasteiger partial charge in [-0.1, -0.05) is 18.2 Å². The number of aliphatic hydroxyl groups is 1. The lowest BCUT2D eigenvalue weighted by Gasteiger charge is -2.27. The fourth-order valence-electron chi connectivity index (χ4n) is 2.44. The van der Waals surface area contributed by atoms with E-state index in [0.717, 1.165) is 7.11 Å². The molecule has 6 nitrogen and oxygen atoms in total. The van der Waals surface area contributed by atoms with Crippen molar-refractivity contribution in [1.29, 1.82) is 0 Å². The highest BCUT2D eigenvalue weighted by atomic mass is 32.2. The monoisotopic (exact) mass is 313 g/mol. The molecule has 2 rings (SSSR count). The number of hydrogen-bond donors (Lipinski definition) is 1. The zero-order valence-corrected chi connectivity index (χ0v) is 12.8.